The molecule has 0 spiro atoms. The predicted octanol–water partition coefficient (Wildman–Crippen LogP) is 2.30. The van der Waals surface area contributed by atoms with Crippen molar-refractivity contribution in [3.05, 3.63) is 35.2 Å². The fourth-order valence-electron chi connectivity index (χ4n) is 2.91. The molecule has 118 valence electrons. The summed E-state index contributed by atoms with van der Waals surface area (Å²) in [6.45, 7) is 0.833. The van der Waals surface area contributed by atoms with Gasteiger partial charge in [-0.15, -0.1) is 0 Å². The minimum absolute atomic E-state index is 0.00208. The standard InChI is InChI=1S/C15H19BrN4O2/c1-22-11-7-12(16)15(17-8-11)19-13-5-10(6-14(13)21)9-20-4-2-3-18-20/h2-4,7-8,10,13-14,21H,5-6,9H2,1H3,(H,17,19)/t10?,13-,14-/m1/s1. The quantitative estimate of drug-likeness (QED) is 0.849. The van der Waals surface area contributed by atoms with Crippen LogP contribution in [0.3, 0.4) is 0 Å². The highest BCUT2D eigenvalue weighted by atomic mass is 79.9. The Morgan fingerprint density at radius 1 is 1.50 bits per heavy atom. The highest BCUT2D eigenvalue weighted by Gasteiger charge is 2.33. The van der Waals surface area contributed by atoms with Crippen molar-refractivity contribution in [2.75, 3.05) is 12.4 Å². The van der Waals surface area contributed by atoms with Crippen molar-refractivity contribution in [3.8, 4) is 5.75 Å². The summed E-state index contributed by atoms with van der Waals surface area (Å²) in [5.74, 6) is 1.83. The molecule has 22 heavy (non-hydrogen) atoms. The molecule has 0 radical (unpaired) electrons. The molecule has 2 N–H and O–H groups in total. The number of anilines is 1. The van der Waals surface area contributed by atoms with E-state index in [-0.39, 0.29) is 12.1 Å². The first-order valence-electron chi connectivity index (χ1n) is 7.27. The minimum Gasteiger partial charge on any atom is -0.495 e. The lowest BCUT2D eigenvalue weighted by molar-refractivity contribution is 0.166. The van der Waals surface area contributed by atoms with E-state index in [0.29, 0.717) is 11.7 Å². The van der Waals surface area contributed by atoms with Gasteiger partial charge in [0.2, 0.25) is 0 Å². The van der Waals surface area contributed by atoms with E-state index < -0.39 is 0 Å². The number of rotatable bonds is 5. The van der Waals surface area contributed by atoms with Crippen LogP contribution in [0, 0.1) is 5.92 Å². The molecule has 0 bridgehead atoms. The number of nitrogens with zero attached hydrogens (tertiary/aromatic N) is 3. The van der Waals surface area contributed by atoms with Crippen LogP contribution >= 0.6 is 15.9 Å². The van der Waals surface area contributed by atoms with Crippen LogP contribution in [0.4, 0.5) is 5.82 Å². The van der Waals surface area contributed by atoms with Crippen molar-refractivity contribution in [2.45, 2.75) is 31.5 Å². The number of aromatic nitrogens is 3. The molecule has 1 saturated carbocycles. The number of nitrogens with one attached hydrogen (secondary N) is 1. The Morgan fingerprint density at radius 2 is 2.36 bits per heavy atom. The van der Waals surface area contributed by atoms with Crippen LogP contribution in [0.1, 0.15) is 12.8 Å². The van der Waals surface area contributed by atoms with Crippen molar-refractivity contribution < 1.29 is 9.84 Å². The molecule has 6 nitrogen and oxygen atoms in total. The monoisotopic (exact) mass is 366 g/mol. The van der Waals surface area contributed by atoms with Crippen molar-refractivity contribution in [1.29, 1.82) is 0 Å². The molecule has 0 aliphatic heterocycles. The van der Waals surface area contributed by atoms with Crippen molar-refractivity contribution in [2.24, 2.45) is 5.92 Å². The molecule has 1 unspecified atom stereocenters. The van der Waals surface area contributed by atoms with Crippen LogP contribution in [-0.2, 0) is 6.54 Å². The van der Waals surface area contributed by atoms with Gasteiger partial charge in [0.15, 0.2) is 0 Å². The highest BCUT2D eigenvalue weighted by molar-refractivity contribution is 9.10. The van der Waals surface area contributed by atoms with E-state index in [9.17, 15) is 5.11 Å². The number of halogens is 1. The smallest absolute Gasteiger partial charge is 0.140 e. The molecule has 2 heterocycles. The Kier molecular flexibility index (Phi) is 4.63. The van der Waals surface area contributed by atoms with Gasteiger partial charge in [0.05, 0.1) is 29.9 Å². The Labute approximate surface area is 137 Å². The normalized spacial score (nSPS) is 24.4. The van der Waals surface area contributed by atoms with Crippen LogP contribution < -0.4 is 10.1 Å². The van der Waals surface area contributed by atoms with E-state index in [2.05, 4.69) is 31.3 Å². The van der Waals surface area contributed by atoms with Crippen molar-refractivity contribution in [3.63, 3.8) is 0 Å². The summed E-state index contributed by atoms with van der Waals surface area (Å²) >= 11 is 3.48. The summed E-state index contributed by atoms with van der Waals surface area (Å²) in [5, 5.41) is 17.8. The van der Waals surface area contributed by atoms with Gasteiger partial charge in [-0.25, -0.2) is 4.98 Å². The van der Waals surface area contributed by atoms with Crippen molar-refractivity contribution in [1.82, 2.24) is 14.8 Å². The van der Waals surface area contributed by atoms with Gasteiger partial charge in [0, 0.05) is 18.9 Å². The first-order valence-corrected chi connectivity index (χ1v) is 8.06. The summed E-state index contributed by atoms with van der Waals surface area (Å²) in [4.78, 5) is 4.34. The van der Waals surface area contributed by atoms with Gasteiger partial charge in [-0.05, 0) is 46.8 Å². The first kappa shape index (κ1) is 15.3. The Balaban J connectivity index is 1.63. The zero-order valence-electron chi connectivity index (χ0n) is 12.3. The average molecular weight is 367 g/mol. The maximum atomic E-state index is 10.3. The van der Waals surface area contributed by atoms with Crippen LogP contribution in [0.15, 0.2) is 35.2 Å². The van der Waals surface area contributed by atoms with Gasteiger partial charge in [0.1, 0.15) is 11.6 Å². The second kappa shape index (κ2) is 6.66. The summed E-state index contributed by atoms with van der Waals surface area (Å²) in [6.07, 6.45) is 6.67. The largest absolute Gasteiger partial charge is 0.495 e. The van der Waals surface area contributed by atoms with Gasteiger partial charge in [0.25, 0.3) is 0 Å². The van der Waals surface area contributed by atoms with E-state index in [0.717, 1.165) is 29.7 Å². The molecule has 1 fully saturated rings. The van der Waals surface area contributed by atoms with Gasteiger partial charge < -0.3 is 15.2 Å². The number of aliphatic hydroxyl groups is 1. The maximum Gasteiger partial charge on any atom is 0.140 e. The molecule has 0 amide bonds. The molecule has 7 heteroatoms. The second-order valence-electron chi connectivity index (χ2n) is 5.59. The van der Waals surface area contributed by atoms with Crippen LogP contribution in [0.25, 0.3) is 0 Å². The molecular weight excluding hydrogens is 348 g/mol. The number of methoxy groups -OCH3 is 1. The van der Waals surface area contributed by atoms with Crippen LogP contribution in [-0.4, -0.2) is 39.1 Å². The molecule has 2 aromatic heterocycles. The second-order valence-corrected chi connectivity index (χ2v) is 6.44. The number of ether oxygens (including phenoxy) is 1. The van der Waals surface area contributed by atoms with E-state index in [1.165, 1.54) is 0 Å². The highest BCUT2D eigenvalue weighted by Crippen LogP contribution is 2.32. The number of hydrogen-bond acceptors (Lipinski definition) is 5. The van der Waals surface area contributed by atoms with Crippen LogP contribution in [0.5, 0.6) is 5.75 Å². The third-order valence-electron chi connectivity index (χ3n) is 4.00. The number of aliphatic hydroxyl groups excluding tert-OH is 1. The first-order chi connectivity index (χ1) is 10.7. The maximum absolute atomic E-state index is 10.3. The number of hydrogen-bond donors (Lipinski definition) is 2. The van der Waals surface area contributed by atoms with E-state index in [1.807, 2.05) is 23.0 Å². The average Bonchev–Trinajstić information content (AvgIpc) is 3.12. The molecule has 1 aliphatic carbocycles. The third kappa shape index (κ3) is 3.41. The van der Waals surface area contributed by atoms with Gasteiger partial charge >= 0.3 is 0 Å². The lowest BCUT2D eigenvalue weighted by Crippen LogP contribution is -2.28. The Morgan fingerprint density at radius 3 is 3.05 bits per heavy atom. The van der Waals surface area contributed by atoms with E-state index in [1.54, 1.807) is 19.5 Å². The van der Waals surface area contributed by atoms with Gasteiger partial charge in [-0.2, -0.15) is 5.10 Å². The predicted molar refractivity (Wildman–Crippen MR) is 86.9 cm³/mol. The zero-order chi connectivity index (χ0) is 15.5. The molecule has 2 aromatic rings. The van der Waals surface area contributed by atoms with Gasteiger partial charge in [-0.3, -0.25) is 4.68 Å². The Bertz CT molecular complexity index is 620. The van der Waals surface area contributed by atoms with Gasteiger partial charge in [-0.1, -0.05) is 0 Å². The summed E-state index contributed by atoms with van der Waals surface area (Å²) < 4.78 is 7.88. The third-order valence-corrected chi connectivity index (χ3v) is 4.61. The zero-order valence-corrected chi connectivity index (χ0v) is 13.9. The molecule has 0 aromatic carbocycles. The SMILES string of the molecule is COc1cnc(N[C@@H]2CC(Cn3cccn3)C[C@H]2O)c(Br)c1. The fraction of sp³-hybridized carbons (Fsp3) is 0.467. The fourth-order valence-corrected chi connectivity index (χ4v) is 3.35. The summed E-state index contributed by atoms with van der Waals surface area (Å²) in [7, 11) is 1.61. The van der Waals surface area contributed by atoms with Crippen molar-refractivity contribution >= 4 is 21.7 Å². The minimum atomic E-state index is -0.378. The van der Waals surface area contributed by atoms with E-state index in [4.69, 9.17) is 4.74 Å². The molecule has 0 saturated heterocycles. The van der Waals surface area contributed by atoms with E-state index >= 15 is 0 Å². The molecule has 3 atom stereocenters. The molecular formula is C15H19BrN4O2. The summed E-state index contributed by atoms with van der Waals surface area (Å²) in [6, 6.07) is 3.77. The topological polar surface area (TPSA) is 72.2 Å². The summed E-state index contributed by atoms with van der Waals surface area (Å²) in [5.41, 5.74) is 0. The van der Waals surface area contributed by atoms with Crippen LogP contribution in [0.2, 0.25) is 0 Å². The Hall–Kier alpha value is -1.60. The lowest BCUT2D eigenvalue weighted by atomic mass is 10.1. The molecule has 1 aliphatic rings. The molecule has 3 rings (SSSR count). The lowest BCUT2D eigenvalue weighted by Gasteiger charge is -2.18. The number of pyridine rings is 1.